The van der Waals surface area contributed by atoms with Crippen LogP contribution in [0.25, 0.3) is 0 Å². The zero-order valence-electron chi connectivity index (χ0n) is 11.0. The van der Waals surface area contributed by atoms with Crippen LogP contribution in [0.3, 0.4) is 0 Å². The van der Waals surface area contributed by atoms with Crippen molar-refractivity contribution in [2.24, 2.45) is 0 Å². The lowest BCUT2D eigenvalue weighted by molar-refractivity contribution is -0.136. The minimum Gasteiger partial charge on any atom is -0.481 e. The lowest BCUT2D eigenvalue weighted by Gasteiger charge is -2.10. The van der Waals surface area contributed by atoms with Crippen LogP contribution in [-0.4, -0.2) is 22.0 Å². The van der Waals surface area contributed by atoms with Crippen molar-refractivity contribution in [3.63, 3.8) is 0 Å². The number of benzene rings is 1. The highest BCUT2D eigenvalue weighted by Gasteiger charge is 2.11. The average molecular weight is 305 g/mol. The Kier molecular flexibility index (Phi) is 4.90. The van der Waals surface area contributed by atoms with Crippen LogP contribution in [-0.2, 0) is 11.2 Å². The molecule has 0 saturated heterocycles. The summed E-state index contributed by atoms with van der Waals surface area (Å²) in [6.45, 7) is 0. The van der Waals surface area contributed by atoms with Gasteiger partial charge in [0.2, 0.25) is 0 Å². The van der Waals surface area contributed by atoms with Crippen LogP contribution in [0.5, 0.6) is 0 Å². The number of carboxylic acid groups (broad SMARTS) is 1. The van der Waals surface area contributed by atoms with E-state index in [0.29, 0.717) is 12.1 Å². The van der Waals surface area contributed by atoms with Crippen molar-refractivity contribution in [3.8, 4) is 0 Å². The molecular formula is C15H13ClN2O3. The predicted octanol–water partition coefficient (Wildman–Crippen LogP) is 3.00. The molecule has 1 heterocycles. The van der Waals surface area contributed by atoms with Crippen LogP contribution in [0.15, 0.2) is 42.5 Å². The molecule has 5 nitrogen and oxygen atoms in total. The summed E-state index contributed by atoms with van der Waals surface area (Å²) in [6.07, 6.45) is 0.344. The van der Waals surface area contributed by atoms with Gasteiger partial charge < -0.3 is 10.4 Å². The van der Waals surface area contributed by atoms with E-state index < -0.39 is 5.97 Å². The van der Waals surface area contributed by atoms with Crippen LogP contribution < -0.4 is 5.32 Å². The number of carbonyl (C=O) groups is 2. The maximum atomic E-state index is 12.1. The topological polar surface area (TPSA) is 79.3 Å². The Labute approximate surface area is 126 Å². The molecule has 108 valence electrons. The lowest BCUT2D eigenvalue weighted by Crippen LogP contribution is -2.15. The Morgan fingerprint density at radius 3 is 2.62 bits per heavy atom. The van der Waals surface area contributed by atoms with Gasteiger partial charge in [-0.2, -0.15) is 0 Å². The Bertz CT molecular complexity index is 673. The normalized spacial score (nSPS) is 10.1. The predicted molar refractivity (Wildman–Crippen MR) is 79.6 cm³/mol. The maximum Gasteiger partial charge on any atom is 0.303 e. The quantitative estimate of drug-likeness (QED) is 0.832. The van der Waals surface area contributed by atoms with Gasteiger partial charge in [0, 0.05) is 12.1 Å². The van der Waals surface area contributed by atoms with Crippen molar-refractivity contribution >= 4 is 29.2 Å². The maximum absolute atomic E-state index is 12.1. The van der Waals surface area contributed by atoms with Crippen molar-refractivity contribution in [1.82, 2.24) is 4.98 Å². The molecule has 1 amide bonds. The molecule has 0 spiro atoms. The summed E-state index contributed by atoms with van der Waals surface area (Å²) in [4.78, 5) is 26.7. The standard InChI is InChI=1S/C15H13ClN2O3/c16-13-7-3-6-12(17-13)15(21)18-11-5-2-1-4-10(11)8-9-14(19)20/h1-7H,8-9H2,(H,18,21)(H,19,20). The van der Waals surface area contributed by atoms with E-state index >= 15 is 0 Å². The molecule has 0 radical (unpaired) electrons. The highest BCUT2D eigenvalue weighted by atomic mass is 35.5. The van der Waals surface area contributed by atoms with Crippen molar-refractivity contribution in [1.29, 1.82) is 0 Å². The number of hydrogen-bond donors (Lipinski definition) is 2. The number of nitrogens with zero attached hydrogens (tertiary/aromatic N) is 1. The van der Waals surface area contributed by atoms with Crippen LogP contribution >= 0.6 is 11.6 Å². The van der Waals surface area contributed by atoms with Gasteiger partial charge in [0.15, 0.2) is 0 Å². The summed E-state index contributed by atoms with van der Waals surface area (Å²) >= 11 is 5.75. The highest BCUT2D eigenvalue weighted by Crippen LogP contribution is 2.18. The van der Waals surface area contributed by atoms with Crippen molar-refractivity contribution in [2.75, 3.05) is 5.32 Å². The molecule has 2 N–H and O–H groups in total. The van der Waals surface area contributed by atoms with E-state index in [1.54, 1.807) is 42.5 Å². The number of aliphatic carboxylic acids is 1. The molecule has 21 heavy (non-hydrogen) atoms. The second-order valence-electron chi connectivity index (χ2n) is 4.35. The fraction of sp³-hybridized carbons (Fsp3) is 0.133. The van der Waals surface area contributed by atoms with Crippen molar-refractivity contribution in [2.45, 2.75) is 12.8 Å². The van der Waals surface area contributed by atoms with Crippen LogP contribution in [0.1, 0.15) is 22.5 Å². The molecule has 2 rings (SSSR count). The number of rotatable bonds is 5. The first-order chi connectivity index (χ1) is 10.1. The molecule has 0 bridgehead atoms. The molecule has 6 heteroatoms. The highest BCUT2D eigenvalue weighted by molar-refractivity contribution is 6.29. The molecule has 0 aliphatic rings. The molecule has 1 aromatic carbocycles. The van der Waals surface area contributed by atoms with Crippen molar-refractivity contribution < 1.29 is 14.7 Å². The SMILES string of the molecule is O=C(O)CCc1ccccc1NC(=O)c1cccc(Cl)n1. The van der Waals surface area contributed by atoms with Gasteiger partial charge in [-0.15, -0.1) is 0 Å². The molecule has 1 aromatic heterocycles. The lowest BCUT2D eigenvalue weighted by atomic mass is 10.1. The van der Waals surface area contributed by atoms with E-state index in [1.807, 2.05) is 0 Å². The number of pyridine rings is 1. The Hall–Kier alpha value is -2.40. The molecular weight excluding hydrogens is 292 g/mol. The van der Waals surface area contributed by atoms with Gasteiger partial charge in [0.1, 0.15) is 10.8 Å². The Morgan fingerprint density at radius 2 is 1.90 bits per heavy atom. The fourth-order valence-corrected chi connectivity index (χ4v) is 1.99. The second-order valence-corrected chi connectivity index (χ2v) is 4.74. The minimum absolute atomic E-state index is 0.00228. The smallest absolute Gasteiger partial charge is 0.303 e. The first-order valence-electron chi connectivity index (χ1n) is 6.30. The number of amides is 1. The average Bonchev–Trinajstić information content (AvgIpc) is 2.46. The molecule has 0 unspecified atom stereocenters. The number of halogens is 1. The Morgan fingerprint density at radius 1 is 1.14 bits per heavy atom. The minimum atomic E-state index is -0.882. The van der Waals surface area contributed by atoms with Crippen molar-refractivity contribution in [3.05, 3.63) is 58.9 Å². The number of carbonyl (C=O) groups excluding carboxylic acids is 1. The van der Waals surface area contributed by atoms with Gasteiger partial charge in [-0.25, -0.2) is 4.98 Å². The summed E-state index contributed by atoms with van der Waals surface area (Å²) in [5.74, 6) is -1.27. The number of aromatic nitrogens is 1. The molecule has 0 aliphatic carbocycles. The number of anilines is 1. The number of aryl methyl sites for hydroxylation is 1. The number of para-hydroxylation sites is 1. The summed E-state index contributed by atoms with van der Waals surface area (Å²) in [6, 6.07) is 11.8. The van der Waals surface area contributed by atoms with Gasteiger partial charge in [0.25, 0.3) is 5.91 Å². The Balaban J connectivity index is 2.15. The number of hydrogen-bond acceptors (Lipinski definition) is 3. The zero-order chi connectivity index (χ0) is 15.2. The van der Waals surface area contributed by atoms with E-state index in [0.717, 1.165) is 5.56 Å². The largest absolute Gasteiger partial charge is 0.481 e. The summed E-state index contributed by atoms with van der Waals surface area (Å²) in [5, 5.41) is 11.7. The van der Waals surface area contributed by atoms with Gasteiger partial charge in [-0.3, -0.25) is 9.59 Å². The summed E-state index contributed by atoms with van der Waals surface area (Å²) < 4.78 is 0. The van der Waals surface area contributed by atoms with E-state index in [9.17, 15) is 9.59 Å². The number of carboxylic acids is 1. The summed E-state index contributed by atoms with van der Waals surface area (Å²) in [5.41, 5.74) is 1.54. The van der Waals surface area contributed by atoms with Gasteiger partial charge in [0.05, 0.1) is 0 Å². The van der Waals surface area contributed by atoms with E-state index in [1.165, 1.54) is 0 Å². The van der Waals surface area contributed by atoms with Gasteiger partial charge in [-0.1, -0.05) is 35.9 Å². The van der Waals surface area contributed by atoms with Crippen LogP contribution in [0.2, 0.25) is 5.15 Å². The third kappa shape index (κ3) is 4.29. The summed E-state index contributed by atoms with van der Waals surface area (Å²) in [7, 11) is 0. The van der Waals surface area contributed by atoms with E-state index in [4.69, 9.17) is 16.7 Å². The fourth-order valence-electron chi connectivity index (χ4n) is 1.82. The molecule has 0 fully saturated rings. The van der Waals surface area contributed by atoms with Crippen LogP contribution in [0, 0.1) is 0 Å². The molecule has 2 aromatic rings. The second kappa shape index (κ2) is 6.85. The van der Waals surface area contributed by atoms with E-state index in [2.05, 4.69) is 10.3 Å². The first kappa shape index (κ1) is 15.0. The van der Waals surface area contributed by atoms with Gasteiger partial charge >= 0.3 is 5.97 Å². The zero-order valence-corrected chi connectivity index (χ0v) is 11.8. The van der Waals surface area contributed by atoms with Gasteiger partial charge in [-0.05, 0) is 30.2 Å². The van der Waals surface area contributed by atoms with Crippen LogP contribution in [0.4, 0.5) is 5.69 Å². The molecule has 0 saturated carbocycles. The number of nitrogens with one attached hydrogen (secondary N) is 1. The third-order valence-corrected chi connectivity index (χ3v) is 3.03. The third-order valence-electron chi connectivity index (χ3n) is 2.82. The first-order valence-corrected chi connectivity index (χ1v) is 6.67. The van der Waals surface area contributed by atoms with E-state index in [-0.39, 0.29) is 23.2 Å². The molecule has 0 atom stereocenters. The monoisotopic (exact) mass is 304 g/mol. The molecule has 0 aliphatic heterocycles.